The number of ether oxygens (including phenoxy) is 1. The zero-order valence-electron chi connectivity index (χ0n) is 12.4. The van der Waals surface area contributed by atoms with Crippen LogP contribution in [-0.4, -0.2) is 25.7 Å². The number of carbonyl (C=O) groups is 1. The summed E-state index contributed by atoms with van der Waals surface area (Å²) in [5.41, 5.74) is 8.34. The Labute approximate surface area is 120 Å². The van der Waals surface area contributed by atoms with Gasteiger partial charge in [0.15, 0.2) is 0 Å². The average Bonchev–Trinajstić information content (AvgIpc) is 2.64. The van der Waals surface area contributed by atoms with Crippen LogP contribution in [0.2, 0.25) is 0 Å². The van der Waals surface area contributed by atoms with Gasteiger partial charge >= 0.3 is 5.97 Å². The molecule has 110 valence electrons. The summed E-state index contributed by atoms with van der Waals surface area (Å²) in [4.78, 5) is 14.0. The molecule has 4 heteroatoms. The summed E-state index contributed by atoms with van der Waals surface area (Å²) in [6.07, 6.45) is 3.66. The largest absolute Gasteiger partial charge is 0.462 e. The van der Waals surface area contributed by atoms with Crippen LogP contribution in [0.4, 0.5) is 11.4 Å². The van der Waals surface area contributed by atoms with Crippen LogP contribution in [0.1, 0.15) is 43.5 Å². The van der Waals surface area contributed by atoms with Gasteiger partial charge in [-0.15, -0.1) is 0 Å². The number of carbonyl (C=O) groups excluding carboxylic acids is 1. The van der Waals surface area contributed by atoms with Crippen molar-refractivity contribution < 1.29 is 9.53 Å². The molecule has 0 spiro atoms. The molecule has 1 unspecified atom stereocenters. The number of nitrogens with two attached hydrogens (primary N) is 1. The maximum atomic E-state index is 11.7. The van der Waals surface area contributed by atoms with Crippen LogP contribution in [0, 0.1) is 5.92 Å². The minimum atomic E-state index is -0.310. The molecule has 0 bridgehead atoms. The first kappa shape index (κ1) is 14.7. The molecule has 1 aliphatic heterocycles. The molecule has 0 aromatic heterocycles. The van der Waals surface area contributed by atoms with Crippen LogP contribution in [0.25, 0.3) is 0 Å². The van der Waals surface area contributed by atoms with E-state index in [0.717, 1.165) is 24.7 Å². The highest BCUT2D eigenvalue weighted by molar-refractivity contribution is 5.92. The van der Waals surface area contributed by atoms with Crippen molar-refractivity contribution in [3.8, 4) is 0 Å². The van der Waals surface area contributed by atoms with E-state index in [1.165, 1.54) is 19.3 Å². The molecule has 1 aliphatic rings. The van der Waals surface area contributed by atoms with Gasteiger partial charge in [-0.05, 0) is 50.3 Å². The van der Waals surface area contributed by atoms with Crippen LogP contribution in [-0.2, 0) is 4.74 Å². The predicted octanol–water partition coefficient (Wildman–Crippen LogP) is 3.07. The number of benzene rings is 1. The van der Waals surface area contributed by atoms with Gasteiger partial charge in [-0.1, -0.05) is 6.92 Å². The number of hydrogen-bond acceptors (Lipinski definition) is 4. The minimum Gasteiger partial charge on any atom is -0.462 e. The second-order valence-electron chi connectivity index (χ2n) is 5.52. The fourth-order valence-corrected chi connectivity index (χ4v) is 2.69. The number of anilines is 2. The average molecular weight is 276 g/mol. The van der Waals surface area contributed by atoms with E-state index in [-0.39, 0.29) is 5.97 Å². The summed E-state index contributed by atoms with van der Waals surface area (Å²) in [5, 5.41) is 0. The Morgan fingerprint density at radius 1 is 1.40 bits per heavy atom. The molecule has 1 fully saturated rings. The maximum Gasteiger partial charge on any atom is 0.338 e. The molecule has 0 aliphatic carbocycles. The number of esters is 1. The van der Waals surface area contributed by atoms with E-state index in [0.29, 0.717) is 17.9 Å². The summed E-state index contributed by atoms with van der Waals surface area (Å²) in [6, 6.07) is 5.47. The summed E-state index contributed by atoms with van der Waals surface area (Å²) >= 11 is 0. The van der Waals surface area contributed by atoms with Crippen LogP contribution in [0.3, 0.4) is 0 Å². The normalized spacial score (nSPS) is 19.5. The van der Waals surface area contributed by atoms with Gasteiger partial charge in [0.1, 0.15) is 0 Å². The van der Waals surface area contributed by atoms with E-state index in [9.17, 15) is 4.79 Å². The van der Waals surface area contributed by atoms with Crippen molar-refractivity contribution in [3.63, 3.8) is 0 Å². The van der Waals surface area contributed by atoms with Gasteiger partial charge in [0.05, 0.1) is 23.5 Å². The van der Waals surface area contributed by atoms with Gasteiger partial charge in [-0.2, -0.15) is 0 Å². The fraction of sp³-hybridized carbons (Fsp3) is 0.562. The third kappa shape index (κ3) is 3.44. The standard InChI is InChI=1S/C16H24N2O2/c1-3-20-16(19)13-6-7-15(14(17)11-13)18-9-4-5-12(2)8-10-18/h6-7,11-12H,3-5,8-10,17H2,1-2H3. The summed E-state index contributed by atoms with van der Waals surface area (Å²) in [6.45, 7) is 6.55. The van der Waals surface area contributed by atoms with Crippen molar-refractivity contribution in [1.82, 2.24) is 0 Å². The SMILES string of the molecule is CCOC(=O)c1ccc(N2CCCC(C)CC2)c(N)c1. The summed E-state index contributed by atoms with van der Waals surface area (Å²) < 4.78 is 4.99. The first-order valence-electron chi connectivity index (χ1n) is 7.43. The van der Waals surface area contributed by atoms with Crippen molar-refractivity contribution in [2.75, 3.05) is 30.3 Å². The Morgan fingerprint density at radius 3 is 2.90 bits per heavy atom. The van der Waals surface area contributed by atoms with E-state index in [1.54, 1.807) is 19.1 Å². The highest BCUT2D eigenvalue weighted by Gasteiger charge is 2.17. The first-order valence-corrected chi connectivity index (χ1v) is 7.43. The second kappa shape index (κ2) is 6.64. The first-order chi connectivity index (χ1) is 9.61. The maximum absolute atomic E-state index is 11.7. The third-order valence-corrected chi connectivity index (χ3v) is 3.90. The van der Waals surface area contributed by atoms with Crippen molar-refractivity contribution in [2.45, 2.75) is 33.1 Å². The van der Waals surface area contributed by atoms with Crippen molar-refractivity contribution in [1.29, 1.82) is 0 Å². The fourth-order valence-electron chi connectivity index (χ4n) is 2.69. The van der Waals surface area contributed by atoms with E-state index >= 15 is 0 Å². The monoisotopic (exact) mass is 276 g/mol. The van der Waals surface area contributed by atoms with Gasteiger partial charge in [-0.3, -0.25) is 0 Å². The molecule has 1 heterocycles. The Balaban J connectivity index is 2.14. The molecule has 2 rings (SSSR count). The zero-order chi connectivity index (χ0) is 14.5. The smallest absolute Gasteiger partial charge is 0.338 e. The lowest BCUT2D eigenvalue weighted by Gasteiger charge is -2.24. The molecular formula is C16H24N2O2. The number of nitrogens with zero attached hydrogens (tertiary/aromatic N) is 1. The molecule has 1 aromatic rings. The predicted molar refractivity (Wildman–Crippen MR) is 82.0 cm³/mol. The number of hydrogen-bond donors (Lipinski definition) is 1. The second-order valence-corrected chi connectivity index (χ2v) is 5.52. The molecule has 4 nitrogen and oxygen atoms in total. The Bertz CT molecular complexity index is 474. The van der Waals surface area contributed by atoms with Crippen LogP contribution in [0.5, 0.6) is 0 Å². The van der Waals surface area contributed by atoms with Crippen LogP contribution >= 0.6 is 0 Å². The molecule has 2 N–H and O–H groups in total. The molecule has 0 amide bonds. The Morgan fingerprint density at radius 2 is 2.20 bits per heavy atom. The van der Waals surface area contributed by atoms with Gasteiger partial charge in [0, 0.05) is 13.1 Å². The Hall–Kier alpha value is -1.71. The van der Waals surface area contributed by atoms with E-state index in [2.05, 4.69) is 11.8 Å². The molecule has 0 saturated carbocycles. The van der Waals surface area contributed by atoms with Crippen molar-refractivity contribution in [2.24, 2.45) is 5.92 Å². The van der Waals surface area contributed by atoms with E-state index in [1.807, 2.05) is 6.07 Å². The van der Waals surface area contributed by atoms with Gasteiger partial charge < -0.3 is 15.4 Å². The third-order valence-electron chi connectivity index (χ3n) is 3.90. The van der Waals surface area contributed by atoms with Gasteiger partial charge in [0.25, 0.3) is 0 Å². The molecule has 1 saturated heterocycles. The summed E-state index contributed by atoms with van der Waals surface area (Å²) in [5.74, 6) is 0.468. The van der Waals surface area contributed by atoms with Crippen LogP contribution < -0.4 is 10.6 Å². The summed E-state index contributed by atoms with van der Waals surface area (Å²) in [7, 11) is 0. The molecule has 1 atom stereocenters. The van der Waals surface area contributed by atoms with Gasteiger partial charge in [-0.25, -0.2) is 4.79 Å². The lowest BCUT2D eigenvalue weighted by Crippen LogP contribution is -2.25. The zero-order valence-corrected chi connectivity index (χ0v) is 12.4. The Kier molecular flexibility index (Phi) is 4.88. The molecule has 1 aromatic carbocycles. The van der Waals surface area contributed by atoms with E-state index in [4.69, 9.17) is 10.5 Å². The molecule has 20 heavy (non-hydrogen) atoms. The van der Waals surface area contributed by atoms with Gasteiger partial charge in [0.2, 0.25) is 0 Å². The van der Waals surface area contributed by atoms with Crippen LogP contribution in [0.15, 0.2) is 18.2 Å². The number of rotatable bonds is 3. The lowest BCUT2D eigenvalue weighted by molar-refractivity contribution is 0.0526. The molecular weight excluding hydrogens is 252 g/mol. The van der Waals surface area contributed by atoms with Crippen molar-refractivity contribution in [3.05, 3.63) is 23.8 Å². The quantitative estimate of drug-likeness (QED) is 0.681. The minimum absolute atomic E-state index is 0.310. The van der Waals surface area contributed by atoms with Crippen molar-refractivity contribution >= 4 is 17.3 Å². The lowest BCUT2D eigenvalue weighted by atomic mass is 10.0. The number of nitrogen functional groups attached to an aromatic ring is 1. The topological polar surface area (TPSA) is 55.6 Å². The van der Waals surface area contributed by atoms with E-state index < -0.39 is 0 Å². The highest BCUT2D eigenvalue weighted by atomic mass is 16.5. The molecule has 0 radical (unpaired) electrons. The highest BCUT2D eigenvalue weighted by Crippen LogP contribution is 2.28.